The van der Waals surface area contributed by atoms with Crippen LogP contribution in [-0.2, 0) is 9.53 Å². The largest absolute Gasteiger partial charge is 0.508 e. The van der Waals surface area contributed by atoms with Crippen LogP contribution in [0.2, 0.25) is 0 Å². The molecule has 0 amide bonds. The van der Waals surface area contributed by atoms with E-state index >= 15 is 0 Å². The summed E-state index contributed by atoms with van der Waals surface area (Å²) < 4.78 is 5.27. The first kappa shape index (κ1) is 26.0. The number of hydrogen-bond donors (Lipinski definition) is 3. The molecule has 2 atom stereocenters. The molecule has 0 fully saturated rings. The van der Waals surface area contributed by atoms with Gasteiger partial charge in [-0.2, -0.15) is 0 Å². The zero-order valence-electron chi connectivity index (χ0n) is 17.2. The van der Waals surface area contributed by atoms with Crippen LogP contribution in [0.5, 0.6) is 11.5 Å². The van der Waals surface area contributed by atoms with E-state index in [0.29, 0.717) is 6.42 Å². The Balaban J connectivity index is 0.000000567. The molecular formula is C22H32BrNO4. The SMILES string of the molecule is Br.C[C@H](CC(=O)OC(C)(C)C)c1ccc(O)cc1.C[C@H](N)c1ccc(O)cc1. The number of esters is 1. The third-order valence-electron chi connectivity index (χ3n) is 3.77. The van der Waals surface area contributed by atoms with Crippen molar-refractivity contribution in [3.05, 3.63) is 59.7 Å². The Labute approximate surface area is 178 Å². The monoisotopic (exact) mass is 453 g/mol. The second-order valence-electron chi connectivity index (χ2n) is 7.66. The highest BCUT2D eigenvalue weighted by Gasteiger charge is 2.19. The number of nitrogens with two attached hydrogens (primary N) is 1. The number of ether oxygens (including phenoxy) is 1. The molecule has 2 rings (SSSR count). The minimum Gasteiger partial charge on any atom is -0.508 e. The maximum atomic E-state index is 11.6. The number of phenols is 2. The van der Waals surface area contributed by atoms with Gasteiger partial charge >= 0.3 is 5.97 Å². The third kappa shape index (κ3) is 10.3. The zero-order chi connectivity index (χ0) is 20.6. The molecule has 0 aliphatic rings. The van der Waals surface area contributed by atoms with Gasteiger partial charge in [-0.05, 0) is 69.0 Å². The van der Waals surface area contributed by atoms with Gasteiger partial charge in [-0.25, -0.2) is 0 Å². The Bertz CT molecular complexity index is 707. The van der Waals surface area contributed by atoms with E-state index in [-0.39, 0.29) is 46.4 Å². The molecule has 156 valence electrons. The quantitative estimate of drug-likeness (QED) is 0.551. The molecule has 0 saturated heterocycles. The highest BCUT2D eigenvalue weighted by Crippen LogP contribution is 2.22. The minimum absolute atomic E-state index is 0. The van der Waals surface area contributed by atoms with Gasteiger partial charge in [0.1, 0.15) is 17.1 Å². The summed E-state index contributed by atoms with van der Waals surface area (Å²) in [6, 6.07) is 13.9. The van der Waals surface area contributed by atoms with E-state index < -0.39 is 5.60 Å². The van der Waals surface area contributed by atoms with Crippen LogP contribution in [0.15, 0.2) is 48.5 Å². The van der Waals surface area contributed by atoms with Gasteiger partial charge in [0.15, 0.2) is 0 Å². The fraction of sp³-hybridized carbons (Fsp3) is 0.409. The van der Waals surface area contributed by atoms with E-state index in [1.165, 1.54) is 0 Å². The van der Waals surface area contributed by atoms with Gasteiger partial charge < -0.3 is 20.7 Å². The van der Waals surface area contributed by atoms with Gasteiger partial charge in [-0.1, -0.05) is 31.2 Å². The van der Waals surface area contributed by atoms with Gasteiger partial charge in [-0.3, -0.25) is 4.79 Å². The van der Waals surface area contributed by atoms with E-state index in [1.54, 1.807) is 24.3 Å². The van der Waals surface area contributed by atoms with Crippen molar-refractivity contribution in [2.75, 3.05) is 0 Å². The number of benzene rings is 2. The predicted molar refractivity (Wildman–Crippen MR) is 118 cm³/mol. The molecule has 2 aromatic rings. The molecule has 0 saturated carbocycles. The summed E-state index contributed by atoms with van der Waals surface area (Å²) in [6.07, 6.45) is 0.349. The molecule has 2 aromatic carbocycles. The van der Waals surface area contributed by atoms with Crippen molar-refractivity contribution in [3.63, 3.8) is 0 Å². The topological polar surface area (TPSA) is 92.8 Å². The molecule has 0 aliphatic heterocycles. The zero-order valence-corrected chi connectivity index (χ0v) is 18.9. The van der Waals surface area contributed by atoms with E-state index in [4.69, 9.17) is 15.6 Å². The predicted octanol–water partition coefficient (Wildman–Crippen LogP) is 5.22. The number of aromatic hydroxyl groups is 2. The van der Waals surface area contributed by atoms with Crippen LogP contribution in [0, 0.1) is 0 Å². The summed E-state index contributed by atoms with van der Waals surface area (Å²) in [5.41, 5.74) is 7.20. The second-order valence-corrected chi connectivity index (χ2v) is 7.66. The summed E-state index contributed by atoms with van der Waals surface area (Å²) in [6.45, 7) is 9.45. The lowest BCUT2D eigenvalue weighted by Gasteiger charge is -2.21. The third-order valence-corrected chi connectivity index (χ3v) is 3.77. The molecule has 0 bridgehead atoms. The van der Waals surface area contributed by atoms with Crippen molar-refractivity contribution in [2.45, 2.75) is 58.6 Å². The van der Waals surface area contributed by atoms with E-state index in [2.05, 4.69) is 0 Å². The van der Waals surface area contributed by atoms with Crippen LogP contribution < -0.4 is 5.73 Å². The Hall–Kier alpha value is -2.05. The lowest BCUT2D eigenvalue weighted by atomic mass is 9.98. The lowest BCUT2D eigenvalue weighted by Crippen LogP contribution is -2.24. The molecule has 0 heterocycles. The molecule has 5 nitrogen and oxygen atoms in total. The van der Waals surface area contributed by atoms with E-state index in [9.17, 15) is 9.90 Å². The molecule has 4 N–H and O–H groups in total. The standard InChI is InChI=1S/C14H20O3.C8H11NO.BrH/c1-10(9-13(16)17-14(2,3)4)11-5-7-12(15)8-6-11;1-6(9)7-2-4-8(10)5-3-7;/h5-8,10,15H,9H2,1-4H3;2-6,10H,9H2,1H3;1H/t10-;6-;/m10./s1. The Morgan fingerprint density at radius 3 is 1.68 bits per heavy atom. The van der Waals surface area contributed by atoms with Crippen molar-refractivity contribution in [2.24, 2.45) is 5.73 Å². The van der Waals surface area contributed by atoms with Gasteiger partial charge in [-0.15, -0.1) is 17.0 Å². The van der Waals surface area contributed by atoms with Gasteiger partial charge in [0.05, 0.1) is 6.42 Å². The average molecular weight is 454 g/mol. The van der Waals surface area contributed by atoms with E-state index in [1.807, 2.05) is 58.9 Å². The molecule has 6 heteroatoms. The van der Waals surface area contributed by atoms with Gasteiger partial charge in [0.2, 0.25) is 0 Å². The second kappa shape index (κ2) is 11.7. The van der Waals surface area contributed by atoms with Crippen LogP contribution in [-0.4, -0.2) is 21.8 Å². The number of phenolic OH excluding ortho intramolecular Hbond substituents is 2. The Kier molecular flexibility index (Phi) is 10.9. The van der Waals surface area contributed by atoms with Crippen molar-refractivity contribution < 1.29 is 19.7 Å². The summed E-state index contributed by atoms with van der Waals surface area (Å²) >= 11 is 0. The number of hydrogen-bond acceptors (Lipinski definition) is 5. The van der Waals surface area contributed by atoms with Crippen LogP contribution in [0.3, 0.4) is 0 Å². The van der Waals surface area contributed by atoms with Crippen LogP contribution >= 0.6 is 17.0 Å². The molecule has 0 aromatic heterocycles. The summed E-state index contributed by atoms with van der Waals surface area (Å²) in [4.78, 5) is 11.6. The number of carbonyl (C=O) groups excluding carboxylic acids is 1. The highest BCUT2D eigenvalue weighted by atomic mass is 79.9. The molecule has 0 unspecified atom stereocenters. The smallest absolute Gasteiger partial charge is 0.306 e. The van der Waals surface area contributed by atoms with E-state index in [0.717, 1.165) is 11.1 Å². The fourth-order valence-corrected chi connectivity index (χ4v) is 2.33. The first-order valence-electron chi connectivity index (χ1n) is 9.03. The molecular weight excluding hydrogens is 422 g/mol. The highest BCUT2D eigenvalue weighted by molar-refractivity contribution is 8.93. The molecule has 28 heavy (non-hydrogen) atoms. The first-order chi connectivity index (χ1) is 12.5. The van der Waals surface area contributed by atoms with Crippen LogP contribution in [0.4, 0.5) is 0 Å². The molecule has 0 spiro atoms. The normalized spacial score (nSPS) is 12.6. The first-order valence-corrected chi connectivity index (χ1v) is 9.03. The van der Waals surface area contributed by atoms with Crippen molar-refractivity contribution in [1.29, 1.82) is 0 Å². The van der Waals surface area contributed by atoms with Crippen molar-refractivity contribution >= 4 is 23.0 Å². The maximum Gasteiger partial charge on any atom is 0.306 e. The maximum absolute atomic E-state index is 11.6. The van der Waals surface area contributed by atoms with Gasteiger partial charge in [0, 0.05) is 6.04 Å². The number of halogens is 1. The molecule has 0 radical (unpaired) electrons. The fourth-order valence-electron chi connectivity index (χ4n) is 2.33. The average Bonchev–Trinajstić information content (AvgIpc) is 2.54. The summed E-state index contributed by atoms with van der Waals surface area (Å²) in [5.74, 6) is 0.408. The van der Waals surface area contributed by atoms with Gasteiger partial charge in [0.25, 0.3) is 0 Å². The lowest BCUT2D eigenvalue weighted by molar-refractivity contribution is -0.155. The molecule has 0 aliphatic carbocycles. The van der Waals surface area contributed by atoms with Crippen molar-refractivity contribution in [1.82, 2.24) is 0 Å². The van der Waals surface area contributed by atoms with Crippen molar-refractivity contribution in [3.8, 4) is 11.5 Å². The number of carbonyl (C=O) groups is 1. The van der Waals surface area contributed by atoms with Crippen LogP contribution in [0.1, 0.15) is 64.1 Å². The Morgan fingerprint density at radius 1 is 0.929 bits per heavy atom. The summed E-state index contributed by atoms with van der Waals surface area (Å²) in [7, 11) is 0. The Morgan fingerprint density at radius 2 is 1.32 bits per heavy atom. The number of rotatable bonds is 4. The summed E-state index contributed by atoms with van der Waals surface area (Å²) in [5, 5.41) is 18.1. The minimum atomic E-state index is -0.439. The van der Waals surface area contributed by atoms with Crippen LogP contribution in [0.25, 0.3) is 0 Å².